The summed E-state index contributed by atoms with van der Waals surface area (Å²) in [5.74, 6) is 0.769. The van der Waals surface area contributed by atoms with Crippen LogP contribution in [0, 0.1) is 5.92 Å². The zero-order chi connectivity index (χ0) is 13.7. The molecule has 1 aliphatic rings. The van der Waals surface area contributed by atoms with Crippen LogP contribution in [0.25, 0.3) is 0 Å². The largest absolute Gasteiger partial charge is 0.325 e. The third-order valence-corrected chi connectivity index (χ3v) is 4.47. The van der Waals surface area contributed by atoms with Crippen LogP contribution in [0.5, 0.6) is 0 Å². The molecule has 0 bridgehead atoms. The van der Waals surface area contributed by atoms with Gasteiger partial charge in [0.15, 0.2) is 0 Å². The number of hydrogen-bond donors (Lipinski definition) is 2. The van der Waals surface area contributed by atoms with Crippen molar-refractivity contribution in [1.82, 2.24) is 5.32 Å². The fourth-order valence-electron chi connectivity index (χ4n) is 2.50. The van der Waals surface area contributed by atoms with E-state index in [1.807, 2.05) is 30.5 Å². The predicted octanol–water partition coefficient (Wildman–Crippen LogP) is 3.13. The standard InChI is InChI=1S/C15H22N2OS/c1-3-11-7-8-16-14(9-11)15(18)17-12-5-4-6-13(10-12)19-2/h4-6,10-11,14,16H,3,7-9H2,1-2H3,(H,17,18). The SMILES string of the molecule is CCC1CCNC(C(=O)Nc2cccc(SC)c2)C1. The minimum absolute atomic E-state index is 0.0448. The average molecular weight is 278 g/mol. The first-order valence-corrected chi connectivity index (χ1v) is 8.13. The number of benzene rings is 1. The Balaban J connectivity index is 1.96. The number of piperidine rings is 1. The molecule has 1 aromatic carbocycles. The summed E-state index contributed by atoms with van der Waals surface area (Å²) in [4.78, 5) is 13.4. The molecular formula is C15H22N2OS. The molecule has 2 rings (SSSR count). The normalized spacial score (nSPS) is 23.1. The molecule has 0 saturated carbocycles. The Kier molecular flexibility index (Phi) is 5.28. The lowest BCUT2D eigenvalue weighted by molar-refractivity contribution is -0.119. The summed E-state index contributed by atoms with van der Waals surface area (Å²) in [5, 5.41) is 6.33. The Bertz CT molecular complexity index is 436. The molecule has 1 fully saturated rings. The van der Waals surface area contributed by atoms with Crippen molar-refractivity contribution in [3.8, 4) is 0 Å². The third kappa shape index (κ3) is 3.98. The van der Waals surface area contributed by atoms with Gasteiger partial charge in [-0.2, -0.15) is 0 Å². The molecule has 104 valence electrons. The van der Waals surface area contributed by atoms with Crippen LogP contribution in [0.4, 0.5) is 5.69 Å². The van der Waals surface area contributed by atoms with Gasteiger partial charge in [-0.15, -0.1) is 11.8 Å². The topological polar surface area (TPSA) is 41.1 Å². The van der Waals surface area contributed by atoms with Gasteiger partial charge in [0.2, 0.25) is 5.91 Å². The Morgan fingerprint density at radius 3 is 3.11 bits per heavy atom. The minimum Gasteiger partial charge on any atom is -0.325 e. The fourth-order valence-corrected chi connectivity index (χ4v) is 2.96. The van der Waals surface area contributed by atoms with Gasteiger partial charge < -0.3 is 10.6 Å². The highest BCUT2D eigenvalue weighted by molar-refractivity contribution is 7.98. The third-order valence-electron chi connectivity index (χ3n) is 3.74. The maximum absolute atomic E-state index is 12.2. The van der Waals surface area contributed by atoms with E-state index in [-0.39, 0.29) is 11.9 Å². The first-order valence-electron chi connectivity index (χ1n) is 6.91. The lowest BCUT2D eigenvalue weighted by Gasteiger charge is -2.28. The van der Waals surface area contributed by atoms with Crippen LogP contribution in [0.1, 0.15) is 26.2 Å². The van der Waals surface area contributed by atoms with E-state index in [0.717, 1.165) is 25.1 Å². The van der Waals surface area contributed by atoms with Crippen molar-refractivity contribution < 1.29 is 4.79 Å². The van der Waals surface area contributed by atoms with Crippen LogP contribution in [0.15, 0.2) is 29.2 Å². The van der Waals surface area contributed by atoms with Gasteiger partial charge in [0.05, 0.1) is 6.04 Å². The molecule has 4 heteroatoms. The van der Waals surface area contributed by atoms with E-state index in [2.05, 4.69) is 17.6 Å². The van der Waals surface area contributed by atoms with E-state index in [1.165, 1.54) is 11.3 Å². The van der Waals surface area contributed by atoms with Gasteiger partial charge in [-0.3, -0.25) is 4.79 Å². The number of thioether (sulfide) groups is 1. The molecule has 0 radical (unpaired) electrons. The molecule has 0 aromatic heterocycles. The highest BCUT2D eigenvalue weighted by Crippen LogP contribution is 2.22. The summed E-state index contributed by atoms with van der Waals surface area (Å²) < 4.78 is 0. The second-order valence-corrected chi connectivity index (χ2v) is 5.91. The van der Waals surface area contributed by atoms with E-state index in [4.69, 9.17) is 0 Å². The van der Waals surface area contributed by atoms with Gasteiger partial charge in [-0.25, -0.2) is 0 Å². The summed E-state index contributed by atoms with van der Waals surface area (Å²) in [5.41, 5.74) is 0.886. The van der Waals surface area contributed by atoms with Crippen molar-refractivity contribution in [1.29, 1.82) is 0 Å². The lowest BCUT2D eigenvalue weighted by atomic mass is 9.90. The van der Waals surface area contributed by atoms with E-state index in [1.54, 1.807) is 11.8 Å². The summed E-state index contributed by atoms with van der Waals surface area (Å²) >= 11 is 1.68. The molecule has 1 saturated heterocycles. The van der Waals surface area contributed by atoms with Crippen LogP contribution in [-0.2, 0) is 4.79 Å². The highest BCUT2D eigenvalue weighted by atomic mass is 32.2. The zero-order valence-electron chi connectivity index (χ0n) is 11.6. The molecule has 2 N–H and O–H groups in total. The number of carbonyl (C=O) groups is 1. The van der Waals surface area contributed by atoms with Crippen molar-refractivity contribution in [3.05, 3.63) is 24.3 Å². The predicted molar refractivity (Wildman–Crippen MR) is 81.7 cm³/mol. The molecule has 0 spiro atoms. The summed E-state index contributed by atoms with van der Waals surface area (Å²) in [6.07, 6.45) is 5.33. The molecule has 3 nitrogen and oxygen atoms in total. The molecule has 2 unspecified atom stereocenters. The van der Waals surface area contributed by atoms with Crippen LogP contribution >= 0.6 is 11.8 Å². The summed E-state index contributed by atoms with van der Waals surface area (Å²) in [7, 11) is 0. The summed E-state index contributed by atoms with van der Waals surface area (Å²) in [6, 6.07) is 7.94. The van der Waals surface area contributed by atoms with Crippen LogP contribution in [0.3, 0.4) is 0 Å². The number of rotatable bonds is 4. The van der Waals surface area contributed by atoms with Gasteiger partial charge >= 0.3 is 0 Å². The highest BCUT2D eigenvalue weighted by Gasteiger charge is 2.25. The van der Waals surface area contributed by atoms with Crippen LogP contribution in [-0.4, -0.2) is 24.7 Å². The van der Waals surface area contributed by atoms with Gasteiger partial charge in [-0.1, -0.05) is 19.4 Å². The van der Waals surface area contributed by atoms with E-state index in [9.17, 15) is 4.79 Å². The second-order valence-electron chi connectivity index (χ2n) is 5.03. The van der Waals surface area contributed by atoms with E-state index < -0.39 is 0 Å². The van der Waals surface area contributed by atoms with E-state index in [0.29, 0.717) is 5.92 Å². The van der Waals surface area contributed by atoms with Crippen LogP contribution < -0.4 is 10.6 Å². The monoisotopic (exact) mass is 278 g/mol. The minimum atomic E-state index is -0.0448. The fraction of sp³-hybridized carbons (Fsp3) is 0.533. The Labute approximate surface area is 119 Å². The maximum atomic E-state index is 12.2. The molecule has 1 amide bonds. The molecule has 1 aromatic rings. The van der Waals surface area contributed by atoms with Crippen molar-refractivity contribution in [3.63, 3.8) is 0 Å². The quantitative estimate of drug-likeness (QED) is 0.831. The number of nitrogens with one attached hydrogen (secondary N) is 2. The Morgan fingerprint density at radius 1 is 1.53 bits per heavy atom. The molecule has 1 heterocycles. The maximum Gasteiger partial charge on any atom is 0.241 e. The first-order chi connectivity index (χ1) is 9.22. The molecule has 19 heavy (non-hydrogen) atoms. The van der Waals surface area contributed by atoms with Gasteiger partial charge in [0.25, 0.3) is 0 Å². The molecule has 0 aliphatic carbocycles. The number of anilines is 1. The van der Waals surface area contributed by atoms with Crippen molar-refractivity contribution in [2.45, 2.75) is 37.1 Å². The van der Waals surface area contributed by atoms with Gasteiger partial charge in [-0.05, 0) is 49.8 Å². The molecule has 1 aliphatic heterocycles. The van der Waals surface area contributed by atoms with Crippen molar-refractivity contribution >= 4 is 23.4 Å². The number of hydrogen-bond acceptors (Lipinski definition) is 3. The molecular weight excluding hydrogens is 256 g/mol. The summed E-state index contributed by atoms with van der Waals surface area (Å²) in [6.45, 7) is 3.15. The average Bonchev–Trinajstić information content (AvgIpc) is 2.47. The van der Waals surface area contributed by atoms with Gasteiger partial charge in [0, 0.05) is 10.6 Å². The van der Waals surface area contributed by atoms with E-state index >= 15 is 0 Å². The Morgan fingerprint density at radius 2 is 2.37 bits per heavy atom. The van der Waals surface area contributed by atoms with Crippen LogP contribution in [0.2, 0.25) is 0 Å². The second kappa shape index (κ2) is 6.96. The molecule has 2 atom stereocenters. The zero-order valence-corrected chi connectivity index (χ0v) is 12.4. The smallest absolute Gasteiger partial charge is 0.241 e. The lowest BCUT2D eigenvalue weighted by Crippen LogP contribution is -2.46. The number of carbonyl (C=O) groups excluding carboxylic acids is 1. The first kappa shape index (κ1) is 14.4. The van der Waals surface area contributed by atoms with Gasteiger partial charge in [0.1, 0.15) is 0 Å². The Hall–Kier alpha value is -1.00. The van der Waals surface area contributed by atoms with Crippen molar-refractivity contribution in [2.75, 3.05) is 18.1 Å². The van der Waals surface area contributed by atoms with Crippen molar-refractivity contribution in [2.24, 2.45) is 5.92 Å². The number of amides is 1.